The van der Waals surface area contributed by atoms with E-state index >= 15 is 0 Å². The van der Waals surface area contributed by atoms with Gasteiger partial charge < -0.3 is 10.2 Å². The molecule has 1 fully saturated rings. The summed E-state index contributed by atoms with van der Waals surface area (Å²) in [6.07, 6.45) is 13.7. The molecule has 3 heteroatoms. The van der Waals surface area contributed by atoms with E-state index < -0.39 is 12.0 Å². The highest BCUT2D eigenvalue weighted by Crippen LogP contribution is 2.25. The minimum absolute atomic E-state index is 0.547. The highest BCUT2D eigenvalue weighted by Gasteiger charge is 2.29. The van der Waals surface area contributed by atoms with Crippen molar-refractivity contribution < 1.29 is 10.2 Å². The minimum atomic E-state index is -0.821. The molecule has 3 N–H and O–H groups in total. The van der Waals surface area contributed by atoms with Gasteiger partial charge in [0.15, 0.2) is 0 Å². The molecule has 0 amide bonds. The number of aliphatic hydroxyl groups is 2. The second-order valence-corrected chi connectivity index (χ2v) is 6.16. The number of hydrogen-bond acceptors (Lipinski definition) is 3. The summed E-state index contributed by atoms with van der Waals surface area (Å²) >= 11 is 0. The maximum Gasteiger partial charge on any atom is 0.117 e. The fourth-order valence-electron chi connectivity index (χ4n) is 2.96. The van der Waals surface area contributed by atoms with Gasteiger partial charge in [0.05, 0.1) is 0 Å². The summed E-state index contributed by atoms with van der Waals surface area (Å²) in [6.45, 7) is 2.22. The zero-order valence-corrected chi connectivity index (χ0v) is 12.7. The Balaban J connectivity index is 2.10. The van der Waals surface area contributed by atoms with Crippen LogP contribution in [0.1, 0.15) is 90.4 Å². The molecule has 1 unspecified atom stereocenters. The van der Waals surface area contributed by atoms with Gasteiger partial charge in [0, 0.05) is 0 Å². The zero-order chi connectivity index (χ0) is 14.0. The van der Waals surface area contributed by atoms with Crippen LogP contribution in [0.4, 0.5) is 0 Å². The van der Waals surface area contributed by atoms with Crippen molar-refractivity contribution in [2.75, 3.05) is 0 Å². The zero-order valence-electron chi connectivity index (χ0n) is 12.7. The molecule has 0 radical (unpaired) electrons. The molecule has 1 aliphatic rings. The standard InChI is InChI=1S/C16H33NO2/c1-2-3-4-5-6-9-12-15(18)17-16(19)13-10-7-8-11-14-16/h15,17-19H,2-14H2,1H3. The molecule has 0 spiro atoms. The largest absolute Gasteiger partial charge is 0.379 e. The molecule has 19 heavy (non-hydrogen) atoms. The highest BCUT2D eigenvalue weighted by molar-refractivity contribution is 4.79. The van der Waals surface area contributed by atoms with Gasteiger partial charge in [0.1, 0.15) is 12.0 Å². The summed E-state index contributed by atoms with van der Waals surface area (Å²) < 4.78 is 0. The summed E-state index contributed by atoms with van der Waals surface area (Å²) in [5, 5.41) is 23.5. The first-order chi connectivity index (χ1) is 9.16. The molecule has 1 saturated carbocycles. The average molecular weight is 271 g/mol. The van der Waals surface area contributed by atoms with Crippen molar-refractivity contribution in [2.24, 2.45) is 0 Å². The van der Waals surface area contributed by atoms with Crippen molar-refractivity contribution in [3.63, 3.8) is 0 Å². The monoisotopic (exact) mass is 271 g/mol. The third-order valence-corrected chi connectivity index (χ3v) is 4.20. The van der Waals surface area contributed by atoms with Crippen LogP contribution < -0.4 is 5.32 Å². The van der Waals surface area contributed by atoms with E-state index in [0.717, 1.165) is 38.5 Å². The van der Waals surface area contributed by atoms with Crippen molar-refractivity contribution in [1.82, 2.24) is 5.32 Å². The Kier molecular flexibility index (Phi) is 8.67. The predicted molar refractivity (Wildman–Crippen MR) is 79.8 cm³/mol. The summed E-state index contributed by atoms with van der Waals surface area (Å²) in [7, 11) is 0. The lowest BCUT2D eigenvalue weighted by Gasteiger charge is -2.31. The van der Waals surface area contributed by atoms with E-state index in [1.54, 1.807) is 0 Å². The topological polar surface area (TPSA) is 52.5 Å². The maximum atomic E-state index is 10.4. The van der Waals surface area contributed by atoms with E-state index in [0.29, 0.717) is 0 Å². The first kappa shape index (κ1) is 16.9. The highest BCUT2D eigenvalue weighted by atomic mass is 16.3. The van der Waals surface area contributed by atoms with Gasteiger partial charge in [-0.05, 0) is 38.5 Å². The molecule has 0 heterocycles. The van der Waals surface area contributed by atoms with Crippen LogP contribution in [-0.4, -0.2) is 22.2 Å². The Morgan fingerprint density at radius 2 is 1.53 bits per heavy atom. The first-order valence-electron chi connectivity index (χ1n) is 8.34. The van der Waals surface area contributed by atoms with E-state index in [1.807, 2.05) is 0 Å². The van der Waals surface area contributed by atoms with Crippen LogP contribution in [0.5, 0.6) is 0 Å². The van der Waals surface area contributed by atoms with Crippen LogP contribution in [0.15, 0.2) is 0 Å². The quantitative estimate of drug-likeness (QED) is 0.340. The summed E-state index contributed by atoms with van der Waals surface area (Å²) in [4.78, 5) is 0. The van der Waals surface area contributed by atoms with Crippen molar-refractivity contribution in [3.05, 3.63) is 0 Å². The molecule has 1 rings (SSSR count). The van der Waals surface area contributed by atoms with Crippen LogP contribution in [0.25, 0.3) is 0 Å². The summed E-state index contributed by atoms with van der Waals surface area (Å²) in [5.74, 6) is 0. The summed E-state index contributed by atoms with van der Waals surface area (Å²) in [5.41, 5.74) is -0.821. The molecule has 0 aromatic heterocycles. The van der Waals surface area contributed by atoms with Gasteiger partial charge in [0.25, 0.3) is 0 Å². The third-order valence-electron chi connectivity index (χ3n) is 4.20. The molecule has 0 aromatic carbocycles. The fourth-order valence-corrected chi connectivity index (χ4v) is 2.96. The average Bonchev–Trinajstić information content (AvgIpc) is 2.58. The van der Waals surface area contributed by atoms with Crippen LogP contribution >= 0.6 is 0 Å². The van der Waals surface area contributed by atoms with Gasteiger partial charge >= 0.3 is 0 Å². The molecule has 114 valence electrons. The Morgan fingerprint density at radius 1 is 0.947 bits per heavy atom. The molecular formula is C16H33NO2. The predicted octanol–water partition coefficient (Wildman–Crippen LogP) is 3.69. The van der Waals surface area contributed by atoms with Crippen molar-refractivity contribution in [2.45, 2.75) is 102 Å². The number of hydrogen-bond donors (Lipinski definition) is 3. The molecular weight excluding hydrogens is 238 g/mol. The Morgan fingerprint density at radius 3 is 2.16 bits per heavy atom. The second-order valence-electron chi connectivity index (χ2n) is 6.16. The van der Waals surface area contributed by atoms with E-state index in [2.05, 4.69) is 12.2 Å². The Labute approximate surface area is 118 Å². The maximum absolute atomic E-state index is 10.4. The molecule has 1 aliphatic carbocycles. The van der Waals surface area contributed by atoms with Crippen molar-refractivity contribution in [3.8, 4) is 0 Å². The van der Waals surface area contributed by atoms with Crippen LogP contribution in [0.2, 0.25) is 0 Å². The Hall–Kier alpha value is -0.120. The molecule has 0 saturated heterocycles. The minimum Gasteiger partial charge on any atom is -0.379 e. The first-order valence-corrected chi connectivity index (χ1v) is 8.34. The lowest BCUT2D eigenvalue weighted by Crippen LogP contribution is -2.50. The second kappa shape index (κ2) is 9.73. The number of aliphatic hydroxyl groups excluding tert-OH is 1. The molecule has 0 aliphatic heterocycles. The SMILES string of the molecule is CCCCCCCCC(O)NC1(O)CCCCCC1. The number of rotatable bonds is 9. The van der Waals surface area contributed by atoms with Gasteiger partial charge in [-0.2, -0.15) is 0 Å². The van der Waals surface area contributed by atoms with Crippen LogP contribution in [0, 0.1) is 0 Å². The molecule has 0 aromatic rings. The normalized spacial score (nSPS) is 21.0. The van der Waals surface area contributed by atoms with E-state index in [9.17, 15) is 10.2 Å². The third kappa shape index (κ3) is 7.91. The van der Waals surface area contributed by atoms with Gasteiger partial charge in [-0.3, -0.25) is 5.32 Å². The number of nitrogens with one attached hydrogen (secondary N) is 1. The smallest absolute Gasteiger partial charge is 0.117 e. The molecule has 0 bridgehead atoms. The van der Waals surface area contributed by atoms with E-state index in [4.69, 9.17) is 0 Å². The van der Waals surface area contributed by atoms with E-state index in [-0.39, 0.29) is 0 Å². The summed E-state index contributed by atoms with van der Waals surface area (Å²) in [6, 6.07) is 0. The lowest BCUT2D eigenvalue weighted by molar-refractivity contribution is -0.0592. The van der Waals surface area contributed by atoms with Crippen LogP contribution in [-0.2, 0) is 0 Å². The van der Waals surface area contributed by atoms with Gasteiger partial charge in [-0.25, -0.2) is 0 Å². The van der Waals surface area contributed by atoms with Crippen LogP contribution in [0.3, 0.4) is 0 Å². The fraction of sp³-hybridized carbons (Fsp3) is 1.00. The molecule has 1 atom stereocenters. The Bertz CT molecular complexity index is 213. The van der Waals surface area contributed by atoms with Crippen molar-refractivity contribution in [1.29, 1.82) is 0 Å². The van der Waals surface area contributed by atoms with Gasteiger partial charge in [0.2, 0.25) is 0 Å². The van der Waals surface area contributed by atoms with Gasteiger partial charge in [-0.15, -0.1) is 0 Å². The number of unbranched alkanes of at least 4 members (excludes halogenated alkanes) is 5. The van der Waals surface area contributed by atoms with Crippen molar-refractivity contribution >= 4 is 0 Å². The van der Waals surface area contributed by atoms with E-state index in [1.165, 1.54) is 44.9 Å². The lowest BCUT2D eigenvalue weighted by atomic mass is 10.0. The van der Waals surface area contributed by atoms with Gasteiger partial charge in [-0.1, -0.05) is 51.9 Å². The molecule has 3 nitrogen and oxygen atoms in total.